The minimum atomic E-state index is -1.28. The van der Waals surface area contributed by atoms with Gasteiger partial charge in [0.05, 0.1) is 24.4 Å². The summed E-state index contributed by atoms with van der Waals surface area (Å²) in [7, 11) is 0. The van der Waals surface area contributed by atoms with Crippen molar-refractivity contribution >= 4 is 5.97 Å². The first kappa shape index (κ1) is 45.9. The van der Waals surface area contributed by atoms with E-state index in [2.05, 4.69) is 44.0 Å². The predicted molar refractivity (Wildman–Crippen MR) is 222 cm³/mol. The molecular formula is C47H69NO7. The lowest BCUT2D eigenvalue weighted by Crippen LogP contribution is -2.54. The number of hydrogen-bond donors (Lipinski definition) is 7. The standard InChI is InChI=1S/C47H69NO7/c1-5-6-7-16-40(50)29-26-39-25-24-38-14-9-8-13-37(38)15-11-18-45(47(4,55)32-36-21-27-41(51)28-22-36)48-44(43(39)31-42(52)33-49)17-10-12-35(20-19-34(2)3)23-30-46(53)54/h8-9,13-14,21-22,26-29,34-35,40,42,44-45,48-52,55H,5-7,10,12,16-20,23-25,30-33H2,1-4H3,(H,53,54)/t35-,40+,42+,44-,45-,47+/m1/s1. The number of rotatable bonds is 22. The van der Waals surface area contributed by atoms with Gasteiger partial charge >= 0.3 is 5.97 Å². The Kier molecular flexibility index (Phi) is 20.2. The van der Waals surface area contributed by atoms with Gasteiger partial charge in [-0.3, -0.25) is 4.79 Å². The summed E-state index contributed by atoms with van der Waals surface area (Å²) in [6, 6.07) is 14.1. The average molecular weight is 760 g/mol. The van der Waals surface area contributed by atoms with E-state index in [0.29, 0.717) is 50.9 Å². The smallest absolute Gasteiger partial charge is 0.303 e. The summed E-state index contributed by atoms with van der Waals surface area (Å²) in [5, 5.41) is 67.8. The molecule has 55 heavy (non-hydrogen) atoms. The average Bonchev–Trinajstić information content (AvgIpc) is 3.14. The highest BCUT2D eigenvalue weighted by Crippen LogP contribution is 2.31. The van der Waals surface area contributed by atoms with Gasteiger partial charge in [-0.2, -0.15) is 0 Å². The number of aliphatic hydroxyl groups is 4. The number of aromatic hydroxyl groups is 1. The third kappa shape index (κ3) is 17.1. The maximum atomic E-state index is 12.3. The van der Waals surface area contributed by atoms with E-state index >= 15 is 0 Å². The number of nitrogens with one attached hydrogen (secondary N) is 1. The fraction of sp³-hybridized carbons (Fsp3) is 0.596. The summed E-state index contributed by atoms with van der Waals surface area (Å²) in [4.78, 5) is 11.6. The Morgan fingerprint density at radius 3 is 2.42 bits per heavy atom. The minimum absolute atomic E-state index is 0.135. The van der Waals surface area contributed by atoms with Gasteiger partial charge < -0.3 is 36.0 Å². The number of aryl methyl sites for hydroxylation is 1. The number of hydrogen-bond acceptors (Lipinski definition) is 7. The predicted octanol–water partition coefficient (Wildman–Crippen LogP) is 8.03. The first-order chi connectivity index (χ1) is 26.3. The van der Waals surface area contributed by atoms with E-state index in [4.69, 9.17) is 0 Å². The molecule has 0 fully saturated rings. The molecule has 0 unspecified atom stereocenters. The summed E-state index contributed by atoms with van der Waals surface area (Å²) in [6.45, 7) is 7.92. The van der Waals surface area contributed by atoms with Crippen LogP contribution in [0.25, 0.3) is 0 Å². The van der Waals surface area contributed by atoms with Crippen LogP contribution in [0.15, 0.2) is 71.8 Å². The minimum Gasteiger partial charge on any atom is -0.508 e. The number of phenols is 1. The van der Waals surface area contributed by atoms with Crippen LogP contribution in [0.4, 0.5) is 0 Å². The molecule has 1 heterocycles. The number of carbonyl (C=O) groups is 1. The third-order valence-electron chi connectivity index (χ3n) is 11.0. The molecule has 0 bridgehead atoms. The van der Waals surface area contributed by atoms with Crippen molar-refractivity contribution in [2.45, 2.75) is 160 Å². The van der Waals surface area contributed by atoms with Crippen LogP contribution in [0.2, 0.25) is 0 Å². The van der Waals surface area contributed by atoms with Crippen molar-refractivity contribution in [3.05, 3.63) is 88.5 Å². The number of fused-ring (bicyclic) bond motifs is 1. The number of aliphatic hydroxyl groups excluding tert-OH is 3. The Morgan fingerprint density at radius 2 is 1.73 bits per heavy atom. The molecule has 2 aromatic rings. The maximum absolute atomic E-state index is 12.3. The van der Waals surface area contributed by atoms with Crippen LogP contribution < -0.4 is 5.32 Å². The van der Waals surface area contributed by atoms with Gasteiger partial charge in [0.15, 0.2) is 0 Å². The Hall–Kier alpha value is -3.45. The van der Waals surface area contributed by atoms with Gasteiger partial charge in [0, 0.05) is 36.9 Å². The van der Waals surface area contributed by atoms with Crippen LogP contribution in [-0.2, 0) is 17.6 Å². The molecule has 7 N–H and O–H groups in total. The zero-order valence-electron chi connectivity index (χ0n) is 33.8. The Labute approximate surface area is 330 Å². The number of aliphatic carboxylic acids is 1. The molecule has 8 nitrogen and oxygen atoms in total. The molecule has 0 radical (unpaired) electrons. The molecule has 1 aliphatic rings. The molecule has 0 aromatic heterocycles. The summed E-state index contributed by atoms with van der Waals surface area (Å²) in [6.07, 6.45) is 13.1. The number of phenolic OH excluding ortho intramolecular Hbond substituents is 1. The van der Waals surface area contributed by atoms with Crippen molar-refractivity contribution in [1.29, 1.82) is 0 Å². The van der Waals surface area contributed by atoms with Gasteiger partial charge in [-0.05, 0) is 97.8 Å². The molecule has 0 saturated heterocycles. The van der Waals surface area contributed by atoms with E-state index in [1.807, 2.05) is 49.4 Å². The van der Waals surface area contributed by atoms with Crippen molar-refractivity contribution in [2.24, 2.45) is 11.8 Å². The Bertz CT molecular complexity index is 1550. The highest BCUT2D eigenvalue weighted by atomic mass is 16.4. The molecule has 0 spiro atoms. The maximum Gasteiger partial charge on any atom is 0.303 e. The van der Waals surface area contributed by atoms with E-state index in [0.717, 1.165) is 72.8 Å². The number of allylic oxidation sites excluding steroid dienone is 2. The van der Waals surface area contributed by atoms with Gasteiger partial charge in [-0.25, -0.2) is 0 Å². The third-order valence-corrected chi connectivity index (χ3v) is 11.0. The normalized spacial score (nSPS) is 19.4. The zero-order valence-corrected chi connectivity index (χ0v) is 33.8. The quantitative estimate of drug-likeness (QED) is 0.0471. The fourth-order valence-electron chi connectivity index (χ4n) is 7.62. The Balaban J connectivity index is 2.16. The fourth-order valence-corrected chi connectivity index (χ4v) is 7.62. The number of benzene rings is 2. The summed E-state index contributed by atoms with van der Waals surface area (Å²) in [5.74, 6) is 6.92. The molecule has 0 saturated carbocycles. The van der Waals surface area contributed by atoms with Crippen LogP contribution in [0, 0.1) is 23.7 Å². The second kappa shape index (κ2) is 24.2. The van der Waals surface area contributed by atoms with E-state index in [1.165, 1.54) is 0 Å². The second-order valence-electron chi connectivity index (χ2n) is 16.3. The van der Waals surface area contributed by atoms with E-state index in [1.54, 1.807) is 12.1 Å². The number of carboxylic acids is 1. The largest absolute Gasteiger partial charge is 0.508 e. The monoisotopic (exact) mass is 760 g/mol. The summed E-state index contributed by atoms with van der Waals surface area (Å²) in [5.41, 5.74) is 3.51. The van der Waals surface area contributed by atoms with Gasteiger partial charge in [0.25, 0.3) is 0 Å². The highest BCUT2D eigenvalue weighted by molar-refractivity contribution is 5.66. The molecule has 1 aliphatic heterocycles. The van der Waals surface area contributed by atoms with Crippen LogP contribution in [0.1, 0.15) is 134 Å². The summed E-state index contributed by atoms with van der Waals surface area (Å²) >= 11 is 0. The zero-order chi connectivity index (χ0) is 40.2. The molecular weight excluding hydrogens is 691 g/mol. The van der Waals surface area contributed by atoms with Crippen LogP contribution in [0.3, 0.4) is 0 Å². The molecule has 0 aliphatic carbocycles. The van der Waals surface area contributed by atoms with Crippen molar-refractivity contribution in [1.82, 2.24) is 5.32 Å². The van der Waals surface area contributed by atoms with Gasteiger partial charge in [0.2, 0.25) is 0 Å². The van der Waals surface area contributed by atoms with Crippen molar-refractivity contribution in [2.75, 3.05) is 6.61 Å². The lowest BCUT2D eigenvalue weighted by molar-refractivity contribution is -0.137. The molecule has 304 valence electrons. The van der Waals surface area contributed by atoms with Crippen LogP contribution in [-0.4, -0.2) is 73.1 Å². The molecule has 3 rings (SSSR count). The highest BCUT2D eigenvalue weighted by Gasteiger charge is 2.35. The lowest BCUT2D eigenvalue weighted by atomic mass is 9.82. The van der Waals surface area contributed by atoms with Gasteiger partial charge in [-0.15, -0.1) is 0 Å². The number of carboxylic acid groups (broad SMARTS) is 1. The Morgan fingerprint density at radius 1 is 0.982 bits per heavy atom. The second-order valence-corrected chi connectivity index (χ2v) is 16.3. The molecule has 0 amide bonds. The van der Waals surface area contributed by atoms with Crippen molar-refractivity contribution in [3.8, 4) is 17.6 Å². The van der Waals surface area contributed by atoms with Crippen LogP contribution >= 0.6 is 0 Å². The molecule has 8 heteroatoms. The first-order valence-corrected chi connectivity index (χ1v) is 20.7. The van der Waals surface area contributed by atoms with Gasteiger partial charge in [0.1, 0.15) is 5.75 Å². The topological polar surface area (TPSA) is 150 Å². The van der Waals surface area contributed by atoms with E-state index < -0.39 is 36.4 Å². The molecule has 6 atom stereocenters. The molecule has 2 aromatic carbocycles. The van der Waals surface area contributed by atoms with Crippen molar-refractivity contribution < 1.29 is 35.4 Å². The van der Waals surface area contributed by atoms with E-state index in [9.17, 15) is 35.4 Å². The summed E-state index contributed by atoms with van der Waals surface area (Å²) < 4.78 is 0. The lowest BCUT2D eigenvalue weighted by Gasteiger charge is -2.38. The van der Waals surface area contributed by atoms with Crippen LogP contribution in [0.5, 0.6) is 5.75 Å². The first-order valence-electron chi connectivity index (χ1n) is 20.7. The van der Waals surface area contributed by atoms with Gasteiger partial charge in [-0.1, -0.05) is 120 Å². The van der Waals surface area contributed by atoms with E-state index in [-0.39, 0.29) is 30.6 Å². The number of unbranched alkanes of at least 4 members (excludes halogenated alkanes) is 2. The SMILES string of the molecule is CCCCC[C@H](O)C=CC1=C(C[C@H](O)CO)[C@@H](CCC[C@@H](CCC(=O)O)CCC(C)C)N[C@@H]([C@@](C)(O)Cc2ccc(O)cc2)CC#Cc2ccccc2CC1. The van der Waals surface area contributed by atoms with Crippen molar-refractivity contribution in [3.63, 3.8) is 0 Å².